The molecule has 0 radical (unpaired) electrons. The van der Waals surface area contributed by atoms with Gasteiger partial charge in [-0.3, -0.25) is 19.6 Å². The smallest absolute Gasteiger partial charge is 0.360 e. The van der Waals surface area contributed by atoms with Crippen molar-refractivity contribution in [1.82, 2.24) is 9.78 Å². The number of nitrogens with zero attached hydrogens (tertiary/aromatic N) is 3. The average Bonchev–Trinajstić information content (AvgIpc) is 2.81. The number of carbonyl (C=O) groups excluding carboxylic acids is 2. The van der Waals surface area contributed by atoms with Crippen molar-refractivity contribution in [1.29, 1.82) is 0 Å². The molecular formula is C15H16N4O5. The van der Waals surface area contributed by atoms with Crippen LogP contribution in [-0.2, 0) is 11.8 Å². The summed E-state index contributed by atoms with van der Waals surface area (Å²) in [6.07, 6.45) is 0. The molecule has 1 amide bonds. The van der Waals surface area contributed by atoms with Gasteiger partial charge in [-0.05, 0) is 26.0 Å². The van der Waals surface area contributed by atoms with E-state index >= 15 is 0 Å². The van der Waals surface area contributed by atoms with Gasteiger partial charge in [-0.15, -0.1) is 0 Å². The maximum Gasteiger partial charge on any atom is 0.360 e. The van der Waals surface area contributed by atoms with Crippen LogP contribution in [0.15, 0.2) is 18.2 Å². The van der Waals surface area contributed by atoms with Crippen molar-refractivity contribution < 1.29 is 19.2 Å². The quantitative estimate of drug-likeness (QED) is 0.520. The summed E-state index contributed by atoms with van der Waals surface area (Å²) in [6.45, 7) is 3.24. The number of amides is 1. The topological polar surface area (TPSA) is 116 Å². The van der Waals surface area contributed by atoms with Gasteiger partial charge in [0.15, 0.2) is 5.69 Å². The highest BCUT2D eigenvalue weighted by Gasteiger charge is 2.23. The Morgan fingerprint density at radius 1 is 1.33 bits per heavy atom. The fourth-order valence-electron chi connectivity index (χ4n) is 2.18. The number of ether oxygens (including phenoxy) is 1. The summed E-state index contributed by atoms with van der Waals surface area (Å²) < 4.78 is 6.10. The number of rotatable bonds is 4. The van der Waals surface area contributed by atoms with Gasteiger partial charge in [0.1, 0.15) is 0 Å². The molecule has 0 aliphatic carbocycles. The minimum atomic E-state index is -0.672. The fraction of sp³-hybridized carbons (Fsp3) is 0.267. The van der Waals surface area contributed by atoms with E-state index in [0.29, 0.717) is 11.3 Å². The van der Waals surface area contributed by atoms with E-state index in [0.717, 1.165) is 0 Å². The predicted octanol–water partition coefficient (Wildman–Crippen LogP) is 1.98. The van der Waals surface area contributed by atoms with Crippen LogP contribution in [0, 0.1) is 24.0 Å². The summed E-state index contributed by atoms with van der Waals surface area (Å²) in [5.41, 5.74) is 1.33. The molecule has 0 atom stereocenters. The lowest BCUT2D eigenvalue weighted by Crippen LogP contribution is -2.15. The Morgan fingerprint density at radius 3 is 2.54 bits per heavy atom. The lowest BCUT2D eigenvalue weighted by atomic mass is 10.1. The Morgan fingerprint density at radius 2 is 2.00 bits per heavy atom. The molecule has 0 saturated heterocycles. The number of methoxy groups -OCH3 is 1. The number of aryl methyl sites for hydroxylation is 2. The third kappa shape index (κ3) is 3.09. The minimum Gasteiger partial charge on any atom is -0.464 e. The summed E-state index contributed by atoms with van der Waals surface area (Å²) in [7, 11) is 2.85. The van der Waals surface area contributed by atoms with Gasteiger partial charge in [0, 0.05) is 24.2 Å². The average molecular weight is 332 g/mol. The Balaban J connectivity index is 2.35. The van der Waals surface area contributed by atoms with Crippen LogP contribution in [0.3, 0.4) is 0 Å². The molecule has 0 aliphatic rings. The van der Waals surface area contributed by atoms with Gasteiger partial charge in [-0.1, -0.05) is 0 Å². The second-order valence-corrected chi connectivity index (χ2v) is 5.14. The van der Waals surface area contributed by atoms with Crippen molar-refractivity contribution in [2.45, 2.75) is 13.8 Å². The van der Waals surface area contributed by atoms with Gasteiger partial charge in [0.2, 0.25) is 0 Å². The number of carbonyl (C=O) groups is 2. The number of benzene rings is 1. The van der Waals surface area contributed by atoms with Crippen LogP contribution < -0.4 is 5.32 Å². The summed E-state index contributed by atoms with van der Waals surface area (Å²) in [6, 6.07) is 4.03. The minimum absolute atomic E-state index is 0.00974. The first-order valence-electron chi connectivity index (χ1n) is 6.94. The highest BCUT2D eigenvalue weighted by atomic mass is 16.6. The van der Waals surface area contributed by atoms with Crippen LogP contribution in [-0.4, -0.2) is 33.7 Å². The Bertz CT molecular complexity index is 841. The van der Waals surface area contributed by atoms with Gasteiger partial charge in [0.05, 0.1) is 23.4 Å². The monoisotopic (exact) mass is 332 g/mol. The first-order chi connectivity index (χ1) is 11.3. The lowest BCUT2D eigenvalue weighted by Gasteiger charge is -2.07. The molecule has 2 rings (SSSR count). The van der Waals surface area contributed by atoms with E-state index in [1.165, 1.54) is 30.0 Å². The summed E-state index contributed by atoms with van der Waals surface area (Å²) >= 11 is 0. The third-order valence-corrected chi connectivity index (χ3v) is 3.61. The van der Waals surface area contributed by atoms with Crippen LogP contribution in [0.5, 0.6) is 0 Å². The van der Waals surface area contributed by atoms with Gasteiger partial charge in [0.25, 0.3) is 11.6 Å². The second-order valence-electron chi connectivity index (χ2n) is 5.14. The normalized spacial score (nSPS) is 10.3. The highest BCUT2D eigenvalue weighted by molar-refractivity contribution is 6.08. The highest BCUT2D eigenvalue weighted by Crippen LogP contribution is 2.23. The zero-order valence-corrected chi connectivity index (χ0v) is 13.6. The molecular weight excluding hydrogens is 316 g/mol. The van der Waals surface area contributed by atoms with Crippen molar-refractivity contribution in [3.63, 3.8) is 0 Å². The first kappa shape index (κ1) is 17.1. The molecule has 1 aromatic heterocycles. The summed E-state index contributed by atoms with van der Waals surface area (Å²) in [5.74, 6) is -1.18. The third-order valence-electron chi connectivity index (χ3n) is 3.61. The summed E-state index contributed by atoms with van der Waals surface area (Å²) in [5, 5.41) is 17.5. The number of anilines is 1. The fourth-order valence-corrected chi connectivity index (χ4v) is 2.18. The maximum atomic E-state index is 12.4. The molecule has 0 bridgehead atoms. The lowest BCUT2D eigenvalue weighted by molar-refractivity contribution is -0.385. The van der Waals surface area contributed by atoms with Gasteiger partial charge < -0.3 is 10.1 Å². The zero-order valence-electron chi connectivity index (χ0n) is 13.6. The van der Waals surface area contributed by atoms with Crippen molar-refractivity contribution >= 4 is 23.3 Å². The number of hydrogen-bond acceptors (Lipinski definition) is 6. The van der Waals surface area contributed by atoms with Crippen molar-refractivity contribution in [3.05, 3.63) is 50.8 Å². The van der Waals surface area contributed by atoms with Crippen LogP contribution in [0.25, 0.3) is 0 Å². The van der Waals surface area contributed by atoms with Crippen molar-refractivity contribution in [2.24, 2.45) is 7.05 Å². The molecule has 126 valence electrons. The Labute approximate surface area is 137 Å². The van der Waals surface area contributed by atoms with Crippen LogP contribution in [0.4, 0.5) is 11.4 Å². The molecule has 0 spiro atoms. The molecule has 0 aliphatic heterocycles. The van der Waals surface area contributed by atoms with E-state index in [2.05, 4.69) is 15.2 Å². The number of esters is 1. The van der Waals surface area contributed by atoms with Crippen LogP contribution >= 0.6 is 0 Å². The van der Waals surface area contributed by atoms with E-state index in [9.17, 15) is 19.7 Å². The zero-order chi connectivity index (χ0) is 18.0. The predicted molar refractivity (Wildman–Crippen MR) is 85.1 cm³/mol. The van der Waals surface area contributed by atoms with Gasteiger partial charge >= 0.3 is 5.97 Å². The van der Waals surface area contributed by atoms with Crippen LogP contribution in [0.2, 0.25) is 0 Å². The standard InChI is InChI=1S/C15H16N4O5/c1-8-7-10(5-6-11(8)19(22)23)14(20)16-12-9(2)18(3)17-13(12)15(21)24-4/h5-7H,1-4H3,(H,16,20). The molecule has 9 nitrogen and oxygen atoms in total. The van der Waals surface area contributed by atoms with Crippen LogP contribution in [0.1, 0.15) is 32.1 Å². The molecule has 1 heterocycles. The largest absolute Gasteiger partial charge is 0.464 e. The summed E-state index contributed by atoms with van der Waals surface area (Å²) in [4.78, 5) is 34.5. The molecule has 9 heteroatoms. The van der Waals surface area contributed by atoms with E-state index in [1.807, 2.05) is 0 Å². The van der Waals surface area contributed by atoms with Gasteiger partial charge in [-0.25, -0.2) is 4.79 Å². The van der Waals surface area contributed by atoms with Crippen molar-refractivity contribution in [2.75, 3.05) is 12.4 Å². The van der Waals surface area contributed by atoms with E-state index < -0.39 is 16.8 Å². The maximum absolute atomic E-state index is 12.4. The molecule has 0 unspecified atom stereocenters. The SMILES string of the molecule is COC(=O)c1nn(C)c(C)c1NC(=O)c1ccc([N+](=O)[O-])c(C)c1. The molecule has 0 saturated carbocycles. The van der Waals surface area contributed by atoms with E-state index in [1.54, 1.807) is 20.9 Å². The number of aromatic nitrogens is 2. The molecule has 24 heavy (non-hydrogen) atoms. The number of nitro groups is 1. The van der Waals surface area contributed by atoms with Gasteiger partial charge in [-0.2, -0.15) is 5.10 Å². The van der Waals surface area contributed by atoms with E-state index in [4.69, 9.17) is 0 Å². The molecule has 2 aromatic rings. The first-order valence-corrected chi connectivity index (χ1v) is 6.94. The molecule has 0 fully saturated rings. The Hall–Kier alpha value is -3.23. The number of nitrogens with one attached hydrogen (secondary N) is 1. The van der Waals surface area contributed by atoms with Crippen molar-refractivity contribution in [3.8, 4) is 0 Å². The Kier molecular flexibility index (Phi) is 4.63. The second kappa shape index (κ2) is 6.49. The van der Waals surface area contributed by atoms with E-state index in [-0.39, 0.29) is 22.6 Å². The number of nitro benzene ring substituents is 1. The molecule has 1 N–H and O–H groups in total. The number of hydrogen-bond donors (Lipinski definition) is 1. The molecule has 1 aromatic carbocycles.